The molecule has 0 saturated heterocycles. The molecule has 37 heavy (non-hydrogen) atoms. The smallest absolute Gasteiger partial charge is 0.326 e. The number of carboxylic acid groups (broad SMARTS) is 4. The maximum Gasteiger partial charge on any atom is 0.326 e. The molecule has 0 aromatic heterocycles. The van der Waals surface area contributed by atoms with Gasteiger partial charge in [-0.25, -0.2) is 4.79 Å². The second-order valence-corrected chi connectivity index (χ2v) is 8.50. The van der Waals surface area contributed by atoms with E-state index in [0.29, 0.717) is 19.4 Å². The van der Waals surface area contributed by atoms with Crippen LogP contribution in [0.15, 0.2) is 0 Å². The average molecular weight is 533 g/mol. The summed E-state index contributed by atoms with van der Waals surface area (Å²) < 4.78 is 0. The van der Waals surface area contributed by atoms with Gasteiger partial charge in [-0.05, 0) is 45.1 Å². The van der Waals surface area contributed by atoms with E-state index >= 15 is 0 Å². The molecule has 9 N–H and O–H groups in total. The van der Waals surface area contributed by atoms with Gasteiger partial charge in [0.25, 0.3) is 0 Å². The zero-order valence-corrected chi connectivity index (χ0v) is 20.6. The van der Waals surface area contributed by atoms with Crippen molar-refractivity contribution in [2.75, 3.05) is 6.54 Å². The molecule has 15 heteroatoms. The first kappa shape index (κ1) is 33.2. The van der Waals surface area contributed by atoms with Gasteiger partial charge in [0.1, 0.15) is 18.1 Å². The minimum absolute atomic E-state index is 0.0428. The quantitative estimate of drug-likeness (QED) is 0.0867. The molecular weight excluding hydrogens is 496 g/mol. The topological polar surface area (TPSA) is 263 Å². The molecule has 0 heterocycles. The molecule has 0 radical (unpaired) electrons. The van der Waals surface area contributed by atoms with Gasteiger partial charge < -0.3 is 42.1 Å². The highest BCUT2D eigenvalue weighted by molar-refractivity contribution is 5.94. The lowest BCUT2D eigenvalue weighted by atomic mass is 10.0. The van der Waals surface area contributed by atoms with E-state index in [4.69, 9.17) is 21.1 Å². The Bertz CT molecular complexity index is 833. The summed E-state index contributed by atoms with van der Waals surface area (Å²) in [6, 6.07) is -4.25. The summed E-state index contributed by atoms with van der Waals surface area (Å²) in [7, 11) is 0. The van der Waals surface area contributed by atoms with Crippen LogP contribution in [0, 0.1) is 5.92 Å². The van der Waals surface area contributed by atoms with E-state index in [9.17, 15) is 38.7 Å². The van der Waals surface area contributed by atoms with Crippen LogP contribution in [0.5, 0.6) is 0 Å². The average Bonchev–Trinajstić information content (AvgIpc) is 2.81. The maximum absolute atomic E-state index is 12.9. The lowest BCUT2D eigenvalue weighted by molar-refractivity contribution is -0.143. The number of carbonyl (C=O) groups is 7. The van der Waals surface area contributed by atoms with Crippen molar-refractivity contribution in [3.63, 3.8) is 0 Å². The summed E-state index contributed by atoms with van der Waals surface area (Å²) in [5.74, 6) is -8.52. The van der Waals surface area contributed by atoms with Crippen molar-refractivity contribution in [2.45, 2.75) is 82.8 Å². The number of carboxylic acids is 4. The largest absolute Gasteiger partial charge is 0.481 e. The van der Waals surface area contributed by atoms with Crippen molar-refractivity contribution in [3.8, 4) is 0 Å². The van der Waals surface area contributed by atoms with Crippen LogP contribution in [0.3, 0.4) is 0 Å². The number of rotatable bonds is 20. The Labute approximate surface area is 213 Å². The molecule has 0 rings (SSSR count). The zero-order valence-electron chi connectivity index (χ0n) is 20.6. The van der Waals surface area contributed by atoms with Gasteiger partial charge in [0.05, 0.1) is 0 Å². The van der Waals surface area contributed by atoms with Crippen LogP contribution >= 0.6 is 0 Å². The Morgan fingerprint density at radius 3 is 1.41 bits per heavy atom. The summed E-state index contributed by atoms with van der Waals surface area (Å²) in [6.07, 6.45) is -1.27. The highest BCUT2D eigenvalue weighted by Crippen LogP contribution is 2.09. The molecule has 3 amide bonds. The van der Waals surface area contributed by atoms with Gasteiger partial charge in [0.15, 0.2) is 0 Å². The molecule has 0 aromatic rings. The predicted molar refractivity (Wildman–Crippen MR) is 126 cm³/mol. The molecule has 0 fully saturated rings. The lowest BCUT2D eigenvalue weighted by Gasteiger charge is -2.25. The molecular formula is C22H36N4O11. The minimum Gasteiger partial charge on any atom is -0.481 e. The van der Waals surface area contributed by atoms with Gasteiger partial charge >= 0.3 is 23.9 Å². The third-order valence-corrected chi connectivity index (χ3v) is 5.36. The summed E-state index contributed by atoms with van der Waals surface area (Å²) in [6.45, 7) is 1.74. The van der Waals surface area contributed by atoms with E-state index < -0.39 is 84.9 Å². The molecule has 0 aliphatic carbocycles. The first-order valence-corrected chi connectivity index (χ1v) is 11.8. The highest BCUT2D eigenvalue weighted by atomic mass is 16.4. The fourth-order valence-corrected chi connectivity index (χ4v) is 3.15. The van der Waals surface area contributed by atoms with Crippen molar-refractivity contribution in [1.82, 2.24) is 16.0 Å². The van der Waals surface area contributed by atoms with E-state index in [1.54, 1.807) is 0 Å². The number of unbranched alkanes of at least 4 members (excludes halogenated alkanes) is 1. The number of hydrogen-bond donors (Lipinski definition) is 8. The minimum atomic E-state index is -1.49. The predicted octanol–water partition coefficient (Wildman–Crippen LogP) is -1.12. The first-order chi connectivity index (χ1) is 17.3. The van der Waals surface area contributed by atoms with E-state index in [1.165, 1.54) is 6.92 Å². The molecule has 0 bridgehead atoms. The number of hydrogen-bond acceptors (Lipinski definition) is 8. The Morgan fingerprint density at radius 2 is 1.00 bits per heavy atom. The van der Waals surface area contributed by atoms with Crippen molar-refractivity contribution in [1.29, 1.82) is 0 Å². The Morgan fingerprint density at radius 1 is 0.595 bits per heavy atom. The first-order valence-electron chi connectivity index (χ1n) is 11.8. The SMILES string of the molecule is C[C@H](CCC(=O)O)C(=O)N[C@H](CCC(=O)O)C(=O)N[C@H](CCC(=O)O)C(=O)N[C@H](CCCCN)C(=O)O. The van der Waals surface area contributed by atoms with Crippen LogP contribution in [-0.4, -0.2) is 86.7 Å². The molecule has 4 atom stereocenters. The lowest BCUT2D eigenvalue weighted by Crippen LogP contribution is -2.56. The number of carbonyl (C=O) groups excluding carboxylic acids is 3. The van der Waals surface area contributed by atoms with Crippen LogP contribution < -0.4 is 21.7 Å². The summed E-state index contributed by atoms with van der Waals surface area (Å²) in [5.41, 5.74) is 5.39. The van der Waals surface area contributed by atoms with E-state index in [2.05, 4.69) is 16.0 Å². The van der Waals surface area contributed by atoms with Crippen LogP contribution in [0.1, 0.15) is 64.7 Å². The van der Waals surface area contributed by atoms with Gasteiger partial charge in [-0.3, -0.25) is 28.8 Å². The zero-order chi connectivity index (χ0) is 28.5. The van der Waals surface area contributed by atoms with Crippen molar-refractivity contribution >= 4 is 41.6 Å². The molecule has 0 unspecified atom stereocenters. The molecule has 210 valence electrons. The second-order valence-electron chi connectivity index (χ2n) is 8.50. The van der Waals surface area contributed by atoms with Crippen LogP contribution in [0.4, 0.5) is 0 Å². The van der Waals surface area contributed by atoms with Gasteiger partial charge in [-0.15, -0.1) is 0 Å². The Balaban J connectivity index is 5.59. The van der Waals surface area contributed by atoms with Gasteiger partial charge in [-0.1, -0.05) is 6.92 Å². The normalized spacial score (nSPS) is 13.9. The van der Waals surface area contributed by atoms with Gasteiger partial charge in [0, 0.05) is 25.2 Å². The third kappa shape index (κ3) is 15.1. The monoisotopic (exact) mass is 532 g/mol. The third-order valence-electron chi connectivity index (χ3n) is 5.36. The van der Waals surface area contributed by atoms with Gasteiger partial charge in [-0.2, -0.15) is 0 Å². The molecule has 0 aromatic carbocycles. The second kappa shape index (κ2) is 17.6. The maximum atomic E-state index is 12.9. The van der Waals surface area contributed by atoms with Crippen molar-refractivity contribution in [2.24, 2.45) is 11.7 Å². The molecule has 15 nitrogen and oxygen atoms in total. The fourth-order valence-electron chi connectivity index (χ4n) is 3.15. The highest BCUT2D eigenvalue weighted by Gasteiger charge is 2.30. The number of nitrogens with one attached hydrogen (secondary N) is 3. The summed E-state index contributed by atoms with van der Waals surface area (Å²) >= 11 is 0. The summed E-state index contributed by atoms with van der Waals surface area (Å²) in [5, 5.41) is 43.0. The van der Waals surface area contributed by atoms with Crippen LogP contribution in [0.25, 0.3) is 0 Å². The molecule has 0 aliphatic rings. The van der Waals surface area contributed by atoms with Crippen LogP contribution in [-0.2, 0) is 33.6 Å². The summed E-state index contributed by atoms with van der Waals surface area (Å²) in [4.78, 5) is 82.4. The fraction of sp³-hybridized carbons (Fsp3) is 0.682. The van der Waals surface area contributed by atoms with E-state index in [0.717, 1.165) is 0 Å². The molecule has 0 aliphatic heterocycles. The standard InChI is InChI=1S/C22H36N4O11/c1-12(5-8-16(27)28)19(33)24-13(6-9-17(29)30)20(34)25-14(7-10-18(31)32)21(35)26-15(22(36)37)4-2-3-11-23/h12-15H,2-11,23H2,1H3,(H,24,33)(H,25,34)(H,26,35)(H,27,28)(H,29,30)(H,31,32)(H,36,37)/t12-,13-,14-,15-/m1/s1. The van der Waals surface area contributed by atoms with Gasteiger partial charge in [0.2, 0.25) is 17.7 Å². The number of aliphatic carboxylic acids is 4. The Hall–Kier alpha value is -3.75. The number of amides is 3. The molecule has 0 saturated carbocycles. The van der Waals surface area contributed by atoms with Crippen LogP contribution in [0.2, 0.25) is 0 Å². The Kier molecular flexibility index (Phi) is 15.9. The van der Waals surface area contributed by atoms with Crippen molar-refractivity contribution in [3.05, 3.63) is 0 Å². The van der Waals surface area contributed by atoms with E-state index in [1.807, 2.05) is 0 Å². The molecule has 0 spiro atoms. The van der Waals surface area contributed by atoms with Crippen molar-refractivity contribution < 1.29 is 54.0 Å². The number of nitrogens with two attached hydrogens (primary N) is 1. The van der Waals surface area contributed by atoms with E-state index in [-0.39, 0.29) is 25.7 Å².